The minimum Gasteiger partial charge on any atom is -0.340 e. The molecule has 1 aromatic carbocycles. The average Bonchev–Trinajstić information content (AvgIpc) is 3.35. The number of amides is 1. The van der Waals surface area contributed by atoms with Gasteiger partial charge in [0.15, 0.2) is 0 Å². The summed E-state index contributed by atoms with van der Waals surface area (Å²) in [5.41, 5.74) is 2.25. The Labute approximate surface area is 126 Å². The molecule has 21 heavy (non-hydrogen) atoms. The topological polar surface area (TPSA) is 47.3 Å². The maximum Gasteiger partial charge on any atom is 0.225 e. The highest BCUT2D eigenvalue weighted by molar-refractivity contribution is 5.81. The summed E-state index contributed by atoms with van der Waals surface area (Å²) in [5, 5.41) is 9.50. The normalized spacial score (nSPS) is 20.9. The predicted octanol–water partition coefficient (Wildman–Crippen LogP) is 2.11. The Hall–Kier alpha value is -1.86. The average molecular weight is 283 g/mol. The largest absolute Gasteiger partial charge is 0.340 e. The van der Waals surface area contributed by atoms with E-state index in [1.807, 2.05) is 36.1 Å². The summed E-state index contributed by atoms with van der Waals surface area (Å²) in [7, 11) is 0. The molecule has 0 radical (unpaired) electrons. The molecule has 1 atom stereocenters. The summed E-state index contributed by atoms with van der Waals surface area (Å²) in [4.78, 5) is 16.2. The summed E-state index contributed by atoms with van der Waals surface area (Å²) < 4.78 is 0. The van der Waals surface area contributed by atoms with Gasteiger partial charge in [-0.05, 0) is 25.3 Å². The van der Waals surface area contributed by atoms with Crippen molar-refractivity contribution < 1.29 is 4.79 Å². The molecule has 1 saturated heterocycles. The first kappa shape index (κ1) is 14.1. The molecule has 1 amide bonds. The molecule has 1 unspecified atom stereocenters. The van der Waals surface area contributed by atoms with E-state index < -0.39 is 0 Å². The van der Waals surface area contributed by atoms with Crippen molar-refractivity contribution in [3.8, 4) is 6.07 Å². The fourth-order valence-corrected chi connectivity index (χ4v) is 2.90. The lowest BCUT2D eigenvalue weighted by Gasteiger charge is -2.37. The third-order valence-electron chi connectivity index (χ3n) is 4.43. The van der Waals surface area contributed by atoms with Crippen LogP contribution in [0.1, 0.15) is 30.0 Å². The van der Waals surface area contributed by atoms with E-state index in [9.17, 15) is 10.1 Å². The van der Waals surface area contributed by atoms with Gasteiger partial charge in [-0.25, -0.2) is 0 Å². The number of nitriles is 1. The van der Waals surface area contributed by atoms with E-state index in [0.29, 0.717) is 11.8 Å². The Balaban J connectivity index is 1.63. The van der Waals surface area contributed by atoms with Crippen LogP contribution < -0.4 is 0 Å². The number of carbonyl (C=O) groups is 1. The van der Waals surface area contributed by atoms with Gasteiger partial charge in [-0.15, -0.1) is 0 Å². The summed E-state index contributed by atoms with van der Waals surface area (Å²) in [6.45, 7) is 5.11. The Kier molecular flexibility index (Phi) is 3.94. The minimum atomic E-state index is -0.205. The van der Waals surface area contributed by atoms with Crippen molar-refractivity contribution in [2.75, 3.05) is 26.2 Å². The van der Waals surface area contributed by atoms with Gasteiger partial charge in [0.2, 0.25) is 5.91 Å². The van der Waals surface area contributed by atoms with Gasteiger partial charge in [-0.3, -0.25) is 9.69 Å². The van der Waals surface area contributed by atoms with E-state index in [0.717, 1.165) is 44.6 Å². The van der Waals surface area contributed by atoms with Crippen molar-refractivity contribution in [1.29, 1.82) is 5.26 Å². The number of hydrogen-bond acceptors (Lipinski definition) is 3. The first-order valence-corrected chi connectivity index (χ1v) is 7.68. The number of nitrogens with zero attached hydrogens (tertiary/aromatic N) is 3. The third kappa shape index (κ3) is 3.08. The van der Waals surface area contributed by atoms with Crippen molar-refractivity contribution in [3.05, 3.63) is 35.4 Å². The molecule has 0 bridgehead atoms. The highest BCUT2D eigenvalue weighted by Crippen LogP contribution is 2.31. The van der Waals surface area contributed by atoms with E-state index >= 15 is 0 Å². The molecule has 2 aliphatic rings. The van der Waals surface area contributed by atoms with Crippen LogP contribution in [-0.2, 0) is 4.79 Å². The Morgan fingerprint density at radius 2 is 1.81 bits per heavy atom. The number of aryl methyl sites for hydroxylation is 1. The van der Waals surface area contributed by atoms with Crippen LogP contribution in [0, 0.1) is 24.2 Å². The standard InChI is InChI=1S/C17H21N3O/c1-13-2-4-14(5-3-13)16(12-18)19-8-10-20(11-9-19)17(21)15-6-7-15/h2-5,15-16H,6-11H2,1H3. The maximum atomic E-state index is 12.1. The van der Waals surface area contributed by atoms with Crippen LogP contribution in [-0.4, -0.2) is 41.9 Å². The summed E-state index contributed by atoms with van der Waals surface area (Å²) in [5.74, 6) is 0.610. The van der Waals surface area contributed by atoms with E-state index in [1.54, 1.807) is 0 Å². The molecule has 1 saturated carbocycles. The number of benzene rings is 1. The molecule has 1 aromatic rings. The molecule has 3 rings (SSSR count). The monoisotopic (exact) mass is 283 g/mol. The second-order valence-electron chi connectivity index (χ2n) is 6.08. The molecule has 1 aliphatic carbocycles. The van der Waals surface area contributed by atoms with Crippen LogP contribution in [0.2, 0.25) is 0 Å². The Bertz CT molecular complexity index is 548. The van der Waals surface area contributed by atoms with Crippen LogP contribution in [0.5, 0.6) is 0 Å². The minimum absolute atomic E-state index is 0.205. The van der Waals surface area contributed by atoms with Gasteiger partial charge in [0, 0.05) is 32.1 Å². The highest BCUT2D eigenvalue weighted by Gasteiger charge is 2.35. The molecule has 4 nitrogen and oxygen atoms in total. The maximum absolute atomic E-state index is 12.1. The van der Waals surface area contributed by atoms with Gasteiger partial charge in [-0.2, -0.15) is 5.26 Å². The lowest BCUT2D eigenvalue weighted by atomic mass is 10.0. The van der Waals surface area contributed by atoms with Crippen LogP contribution in [0.15, 0.2) is 24.3 Å². The third-order valence-corrected chi connectivity index (χ3v) is 4.43. The number of rotatable bonds is 3. The highest BCUT2D eigenvalue weighted by atomic mass is 16.2. The Morgan fingerprint density at radius 1 is 1.19 bits per heavy atom. The van der Waals surface area contributed by atoms with Crippen molar-refractivity contribution in [3.63, 3.8) is 0 Å². The van der Waals surface area contributed by atoms with Gasteiger partial charge in [-0.1, -0.05) is 29.8 Å². The van der Waals surface area contributed by atoms with E-state index in [4.69, 9.17) is 0 Å². The van der Waals surface area contributed by atoms with E-state index in [-0.39, 0.29) is 6.04 Å². The van der Waals surface area contributed by atoms with Crippen LogP contribution in [0.25, 0.3) is 0 Å². The molecule has 2 fully saturated rings. The quantitative estimate of drug-likeness (QED) is 0.853. The molecule has 0 spiro atoms. The van der Waals surface area contributed by atoms with Gasteiger partial charge >= 0.3 is 0 Å². The van der Waals surface area contributed by atoms with Crippen LogP contribution in [0.4, 0.5) is 0 Å². The second kappa shape index (κ2) is 5.87. The molecule has 4 heteroatoms. The lowest BCUT2D eigenvalue weighted by Crippen LogP contribution is -2.49. The molecule has 0 N–H and O–H groups in total. The Morgan fingerprint density at radius 3 is 2.33 bits per heavy atom. The second-order valence-corrected chi connectivity index (χ2v) is 6.08. The predicted molar refractivity (Wildman–Crippen MR) is 80.4 cm³/mol. The van der Waals surface area contributed by atoms with Gasteiger partial charge < -0.3 is 4.90 Å². The molecular formula is C17H21N3O. The molecule has 0 aromatic heterocycles. The van der Waals surface area contributed by atoms with Crippen LogP contribution >= 0.6 is 0 Å². The van der Waals surface area contributed by atoms with Crippen molar-refractivity contribution in [2.45, 2.75) is 25.8 Å². The summed E-state index contributed by atoms with van der Waals surface area (Å²) in [6, 6.07) is 10.4. The molecule has 1 heterocycles. The smallest absolute Gasteiger partial charge is 0.225 e. The first-order chi connectivity index (χ1) is 10.2. The molecule has 110 valence electrons. The zero-order valence-electron chi connectivity index (χ0n) is 12.5. The number of carbonyl (C=O) groups excluding carboxylic acids is 1. The van der Waals surface area contributed by atoms with E-state index in [2.05, 4.69) is 11.0 Å². The van der Waals surface area contributed by atoms with Crippen LogP contribution in [0.3, 0.4) is 0 Å². The van der Waals surface area contributed by atoms with Crippen molar-refractivity contribution in [2.24, 2.45) is 5.92 Å². The van der Waals surface area contributed by atoms with Crippen molar-refractivity contribution in [1.82, 2.24) is 9.80 Å². The first-order valence-electron chi connectivity index (χ1n) is 7.68. The fraction of sp³-hybridized carbons (Fsp3) is 0.529. The van der Waals surface area contributed by atoms with Gasteiger partial charge in [0.05, 0.1) is 6.07 Å². The molecule has 1 aliphatic heterocycles. The molecular weight excluding hydrogens is 262 g/mol. The van der Waals surface area contributed by atoms with Gasteiger partial charge in [0.25, 0.3) is 0 Å². The lowest BCUT2D eigenvalue weighted by molar-refractivity contribution is -0.134. The van der Waals surface area contributed by atoms with E-state index in [1.165, 1.54) is 5.56 Å². The fourth-order valence-electron chi connectivity index (χ4n) is 2.90. The zero-order valence-corrected chi connectivity index (χ0v) is 12.5. The summed E-state index contributed by atoms with van der Waals surface area (Å²) in [6.07, 6.45) is 2.12. The van der Waals surface area contributed by atoms with Crippen molar-refractivity contribution >= 4 is 5.91 Å². The van der Waals surface area contributed by atoms with Gasteiger partial charge in [0.1, 0.15) is 6.04 Å². The number of piperazine rings is 1. The summed E-state index contributed by atoms with van der Waals surface area (Å²) >= 11 is 0. The SMILES string of the molecule is Cc1ccc(C(C#N)N2CCN(C(=O)C3CC3)CC2)cc1. The zero-order chi connectivity index (χ0) is 14.8. The number of hydrogen-bond donors (Lipinski definition) is 0.